The molecular formula is C13H23NO5. The lowest BCUT2D eigenvalue weighted by Gasteiger charge is -2.27. The molecular weight excluding hydrogens is 250 g/mol. The van der Waals surface area contributed by atoms with Gasteiger partial charge in [-0.05, 0) is 34.1 Å². The smallest absolute Gasteiger partial charge is 0.410 e. The number of carbonyl (C=O) groups is 2. The Hall–Kier alpha value is -1.30. The van der Waals surface area contributed by atoms with Crippen LogP contribution >= 0.6 is 0 Å². The van der Waals surface area contributed by atoms with Gasteiger partial charge in [-0.3, -0.25) is 0 Å². The molecule has 0 radical (unpaired) electrons. The van der Waals surface area contributed by atoms with Gasteiger partial charge in [0.05, 0.1) is 13.2 Å². The number of rotatable bonds is 2. The first-order chi connectivity index (χ1) is 8.83. The highest BCUT2D eigenvalue weighted by Gasteiger charge is 2.30. The van der Waals surface area contributed by atoms with E-state index in [0.717, 1.165) is 0 Å². The van der Waals surface area contributed by atoms with Crippen molar-refractivity contribution in [3.05, 3.63) is 0 Å². The molecule has 0 aromatic carbocycles. The zero-order valence-corrected chi connectivity index (χ0v) is 12.1. The van der Waals surface area contributed by atoms with Crippen molar-refractivity contribution in [3.8, 4) is 0 Å². The van der Waals surface area contributed by atoms with E-state index in [9.17, 15) is 9.59 Å². The van der Waals surface area contributed by atoms with Gasteiger partial charge in [-0.15, -0.1) is 0 Å². The fourth-order valence-corrected chi connectivity index (χ4v) is 1.70. The highest BCUT2D eigenvalue weighted by Crippen LogP contribution is 2.13. The summed E-state index contributed by atoms with van der Waals surface area (Å²) >= 11 is 0. The topological polar surface area (TPSA) is 65.1 Å². The molecule has 1 rings (SSSR count). The van der Waals surface area contributed by atoms with E-state index in [4.69, 9.17) is 14.2 Å². The van der Waals surface area contributed by atoms with Gasteiger partial charge in [0.25, 0.3) is 0 Å². The van der Waals surface area contributed by atoms with Crippen LogP contribution in [0, 0.1) is 0 Å². The molecule has 0 aromatic heterocycles. The van der Waals surface area contributed by atoms with Gasteiger partial charge in [0.2, 0.25) is 0 Å². The summed E-state index contributed by atoms with van der Waals surface area (Å²) < 4.78 is 15.6. The van der Waals surface area contributed by atoms with Gasteiger partial charge in [0.15, 0.2) is 6.10 Å². The van der Waals surface area contributed by atoms with Crippen molar-refractivity contribution in [2.45, 2.75) is 45.8 Å². The normalized spacial score (nSPS) is 20.6. The number of ether oxygens (including phenoxy) is 3. The molecule has 110 valence electrons. The molecule has 0 bridgehead atoms. The number of amides is 1. The average Bonchev–Trinajstić information content (AvgIpc) is 2.52. The number of esters is 1. The first kappa shape index (κ1) is 15.8. The lowest BCUT2D eigenvalue weighted by molar-refractivity contribution is -0.156. The summed E-state index contributed by atoms with van der Waals surface area (Å²) in [6.07, 6.45) is -0.475. The van der Waals surface area contributed by atoms with Crippen LogP contribution in [0.3, 0.4) is 0 Å². The highest BCUT2D eigenvalue weighted by molar-refractivity contribution is 5.76. The molecule has 0 spiro atoms. The van der Waals surface area contributed by atoms with Gasteiger partial charge >= 0.3 is 12.1 Å². The maximum atomic E-state index is 12.0. The van der Waals surface area contributed by atoms with E-state index in [1.807, 2.05) is 20.8 Å². The lowest BCUT2D eigenvalue weighted by atomic mass is 10.2. The molecule has 1 amide bonds. The van der Waals surface area contributed by atoms with Crippen molar-refractivity contribution >= 4 is 12.1 Å². The van der Waals surface area contributed by atoms with Crippen LogP contribution in [0.2, 0.25) is 0 Å². The Morgan fingerprint density at radius 3 is 2.63 bits per heavy atom. The molecule has 0 aromatic rings. The quantitative estimate of drug-likeness (QED) is 0.715. The van der Waals surface area contributed by atoms with Crippen molar-refractivity contribution in [2.24, 2.45) is 0 Å². The van der Waals surface area contributed by atoms with Crippen LogP contribution in [0.4, 0.5) is 4.79 Å². The zero-order chi connectivity index (χ0) is 14.5. The van der Waals surface area contributed by atoms with Gasteiger partial charge in [-0.1, -0.05) is 0 Å². The van der Waals surface area contributed by atoms with Crippen molar-refractivity contribution < 1.29 is 23.8 Å². The molecule has 0 N–H and O–H groups in total. The third kappa shape index (κ3) is 5.46. The predicted molar refractivity (Wildman–Crippen MR) is 68.8 cm³/mol. The fourth-order valence-electron chi connectivity index (χ4n) is 1.70. The van der Waals surface area contributed by atoms with Gasteiger partial charge in [-0.25, -0.2) is 9.59 Å². The van der Waals surface area contributed by atoms with Gasteiger partial charge in [0, 0.05) is 13.2 Å². The summed E-state index contributed by atoms with van der Waals surface area (Å²) in [5.74, 6) is -0.432. The third-order valence-electron chi connectivity index (χ3n) is 2.48. The van der Waals surface area contributed by atoms with Crippen LogP contribution in [0.1, 0.15) is 34.1 Å². The van der Waals surface area contributed by atoms with Crippen molar-refractivity contribution in [2.75, 3.05) is 26.3 Å². The van der Waals surface area contributed by atoms with E-state index >= 15 is 0 Å². The Labute approximate surface area is 114 Å². The first-order valence-corrected chi connectivity index (χ1v) is 6.59. The molecule has 19 heavy (non-hydrogen) atoms. The second-order valence-electron chi connectivity index (χ2n) is 5.39. The summed E-state index contributed by atoms with van der Waals surface area (Å²) in [6.45, 7) is 8.58. The van der Waals surface area contributed by atoms with Crippen molar-refractivity contribution in [3.63, 3.8) is 0 Å². The highest BCUT2D eigenvalue weighted by atomic mass is 16.6. The third-order valence-corrected chi connectivity index (χ3v) is 2.48. The van der Waals surface area contributed by atoms with E-state index in [-0.39, 0.29) is 6.54 Å². The number of hydrogen-bond donors (Lipinski definition) is 0. The molecule has 1 fully saturated rings. The van der Waals surface area contributed by atoms with Crippen LogP contribution in [0.15, 0.2) is 0 Å². The zero-order valence-electron chi connectivity index (χ0n) is 12.1. The van der Waals surface area contributed by atoms with E-state index in [0.29, 0.717) is 26.2 Å². The molecule has 1 saturated heterocycles. The second-order valence-corrected chi connectivity index (χ2v) is 5.39. The summed E-state index contributed by atoms with van der Waals surface area (Å²) in [5, 5.41) is 0. The maximum Gasteiger partial charge on any atom is 0.410 e. The van der Waals surface area contributed by atoms with Gasteiger partial charge in [0.1, 0.15) is 5.60 Å². The Bertz CT molecular complexity index is 323. The van der Waals surface area contributed by atoms with Crippen LogP contribution in [0.5, 0.6) is 0 Å². The number of nitrogens with zero attached hydrogens (tertiary/aromatic N) is 1. The Morgan fingerprint density at radius 2 is 2.05 bits per heavy atom. The Kier molecular flexibility index (Phi) is 5.60. The standard InChI is InChI=1S/C13H23NO5/c1-5-17-11(15)10-9-14(7-6-8-18-10)12(16)19-13(2,3)4/h10H,5-9H2,1-4H3/t10-/m0/s1. The van der Waals surface area contributed by atoms with E-state index in [1.165, 1.54) is 4.90 Å². The molecule has 0 unspecified atom stereocenters. The molecule has 0 aliphatic carbocycles. The van der Waals surface area contributed by atoms with E-state index in [1.54, 1.807) is 6.92 Å². The largest absolute Gasteiger partial charge is 0.464 e. The predicted octanol–water partition coefficient (Wildman–Crippen LogP) is 1.58. The minimum atomic E-state index is -0.727. The summed E-state index contributed by atoms with van der Waals surface area (Å²) in [7, 11) is 0. The van der Waals surface area contributed by atoms with Crippen LogP contribution in [-0.4, -0.2) is 55.0 Å². The van der Waals surface area contributed by atoms with E-state index in [2.05, 4.69) is 0 Å². The molecule has 1 aliphatic rings. The minimum Gasteiger partial charge on any atom is -0.464 e. The maximum absolute atomic E-state index is 12.0. The SMILES string of the molecule is CCOC(=O)[C@@H]1CN(C(=O)OC(C)(C)C)CCCO1. The van der Waals surface area contributed by atoms with Crippen LogP contribution in [0.25, 0.3) is 0 Å². The van der Waals surface area contributed by atoms with Crippen molar-refractivity contribution in [1.29, 1.82) is 0 Å². The monoisotopic (exact) mass is 273 g/mol. The molecule has 1 aliphatic heterocycles. The van der Waals surface area contributed by atoms with Crippen molar-refractivity contribution in [1.82, 2.24) is 4.90 Å². The van der Waals surface area contributed by atoms with Gasteiger partial charge < -0.3 is 19.1 Å². The molecule has 1 heterocycles. The summed E-state index contributed by atoms with van der Waals surface area (Å²) in [6, 6.07) is 0. The Balaban J connectivity index is 2.63. The second kappa shape index (κ2) is 6.75. The molecule has 0 saturated carbocycles. The van der Waals surface area contributed by atoms with Gasteiger partial charge in [-0.2, -0.15) is 0 Å². The van der Waals surface area contributed by atoms with E-state index < -0.39 is 23.8 Å². The average molecular weight is 273 g/mol. The van der Waals surface area contributed by atoms with Crippen LogP contribution < -0.4 is 0 Å². The Morgan fingerprint density at radius 1 is 1.37 bits per heavy atom. The lowest BCUT2D eigenvalue weighted by Crippen LogP contribution is -2.43. The van der Waals surface area contributed by atoms with Crippen LogP contribution in [-0.2, 0) is 19.0 Å². The minimum absolute atomic E-state index is 0.174. The molecule has 1 atom stereocenters. The molecule has 6 heteroatoms. The molecule has 6 nitrogen and oxygen atoms in total. The number of carbonyl (C=O) groups excluding carboxylic acids is 2. The fraction of sp³-hybridized carbons (Fsp3) is 0.846. The summed E-state index contributed by atoms with van der Waals surface area (Å²) in [5.41, 5.74) is -0.552. The number of hydrogen-bond acceptors (Lipinski definition) is 5. The first-order valence-electron chi connectivity index (χ1n) is 6.59. The summed E-state index contributed by atoms with van der Waals surface area (Å²) in [4.78, 5) is 25.2.